The summed E-state index contributed by atoms with van der Waals surface area (Å²) in [6.07, 6.45) is 0.855. The molecule has 1 aliphatic rings. The second-order valence-corrected chi connectivity index (χ2v) is 8.05. The van der Waals surface area contributed by atoms with Crippen molar-refractivity contribution in [3.05, 3.63) is 17.5 Å². The van der Waals surface area contributed by atoms with Gasteiger partial charge in [0.05, 0.1) is 0 Å². The van der Waals surface area contributed by atoms with Gasteiger partial charge in [0.25, 0.3) is 10.0 Å². The van der Waals surface area contributed by atoms with Gasteiger partial charge in [0.1, 0.15) is 4.21 Å². The Bertz CT molecular complexity index is 466. The third kappa shape index (κ3) is 2.88. The van der Waals surface area contributed by atoms with Gasteiger partial charge in [-0.25, -0.2) is 8.42 Å². The number of rotatable bonds is 2. The van der Waals surface area contributed by atoms with Crippen LogP contribution >= 0.6 is 11.3 Å². The van der Waals surface area contributed by atoms with Gasteiger partial charge < -0.3 is 5.32 Å². The number of hydrogen-bond donors (Lipinski definition) is 1. The molecule has 1 aliphatic heterocycles. The van der Waals surface area contributed by atoms with E-state index in [4.69, 9.17) is 0 Å². The minimum Gasteiger partial charge on any atom is -0.310 e. The second kappa shape index (κ2) is 4.68. The molecule has 0 saturated carbocycles. The van der Waals surface area contributed by atoms with E-state index in [1.165, 1.54) is 11.3 Å². The average molecular weight is 274 g/mol. The van der Waals surface area contributed by atoms with E-state index in [1.54, 1.807) is 21.8 Å². The first-order valence-electron chi connectivity index (χ1n) is 5.70. The topological polar surface area (TPSA) is 49.4 Å². The molecule has 0 radical (unpaired) electrons. The van der Waals surface area contributed by atoms with Gasteiger partial charge in [-0.05, 0) is 38.3 Å². The molecule has 1 aromatic heterocycles. The largest absolute Gasteiger partial charge is 0.310 e. The Morgan fingerprint density at radius 2 is 2.24 bits per heavy atom. The Kier molecular flexibility index (Phi) is 3.58. The lowest BCUT2D eigenvalue weighted by molar-refractivity contribution is 0.327. The van der Waals surface area contributed by atoms with Gasteiger partial charge >= 0.3 is 0 Å². The van der Waals surface area contributed by atoms with Crippen LogP contribution in [0, 0.1) is 0 Å². The van der Waals surface area contributed by atoms with Crippen LogP contribution in [0.1, 0.15) is 20.3 Å². The molecule has 0 amide bonds. The Balaban J connectivity index is 2.27. The highest BCUT2D eigenvalue weighted by molar-refractivity contribution is 7.91. The Labute approximate surface area is 107 Å². The summed E-state index contributed by atoms with van der Waals surface area (Å²) in [6.45, 7) is 6.05. The smallest absolute Gasteiger partial charge is 0.252 e. The summed E-state index contributed by atoms with van der Waals surface area (Å²) in [7, 11) is -3.30. The summed E-state index contributed by atoms with van der Waals surface area (Å²) in [5, 5.41) is 5.17. The lowest BCUT2D eigenvalue weighted by Gasteiger charge is -2.29. The van der Waals surface area contributed by atoms with E-state index < -0.39 is 10.0 Å². The quantitative estimate of drug-likeness (QED) is 0.889. The molecule has 0 bridgehead atoms. The Morgan fingerprint density at radius 1 is 1.47 bits per heavy atom. The normalized spacial score (nSPS) is 22.2. The zero-order chi connectivity index (χ0) is 12.5. The van der Waals surface area contributed by atoms with Crippen molar-refractivity contribution in [1.82, 2.24) is 9.62 Å². The predicted octanol–water partition coefficient (Wildman–Crippen LogP) is 1.51. The highest BCUT2D eigenvalue weighted by Gasteiger charge is 2.32. The van der Waals surface area contributed by atoms with Crippen molar-refractivity contribution in [2.75, 3.05) is 19.6 Å². The van der Waals surface area contributed by atoms with Crippen molar-refractivity contribution in [3.8, 4) is 0 Å². The molecular formula is C11H18N2O2S2. The lowest BCUT2D eigenvalue weighted by Crippen LogP contribution is -2.47. The van der Waals surface area contributed by atoms with E-state index in [0.29, 0.717) is 17.3 Å². The molecule has 1 N–H and O–H groups in total. The average Bonchev–Trinajstić information content (AvgIpc) is 2.70. The van der Waals surface area contributed by atoms with Crippen LogP contribution in [0.5, 0.6) is 0 Å². The molecule has 17 heavy (non-hydrogen) atoms. The number of thiophene rings is 1. The van der Waals surface area contributed by atoms with Gasteiger partial charge in [0.15, 0.2) is 0 Å². The summed E-state index contributed by atoms with van der Waals surface area (Å²) in [5.41, 5.74) is -0.166. The third-order valence-electron chi connectivity index (χ3n) is 2.85. The van der Waals surface area contributed by atoms with Crippen molar-refractivity contribution in [2.24, 2.45) is 0 Å². The number of hydrogen-bond acceptors (Lipinski definition) is 4. The zero-order valence-electron chi connectivity index (χ0n) is 10.1. The molecule has 0 aromatic carbocycles. The Hall–Kier alpha value is -0.430. The maximum Gasteiger partial charge on any atom is 0.252 e. The van der Waals surface area contributed by atoms with Crippen molar-refractivity contribution < 1.29 is 8.42 Å². The molecule has 6 heteroatoms. The van der Waals surface area contributed by atoms with Crippen LogP contribution < -0.4 is 5.32 Å². The lowest BCUT2D eigenvalue weighted by atomic mass is 10.1. The van der Waals surface area contributed by atoms with Crippen LogP contribution in [-0.4, -0.2) is 37.9 Å². The zero-order valence-corrected chi connectivity index (χ0v) is 11.8. The molecule has 96 valence electrons. The third-order valence-corrected chi connectivity index (χ3v) is 6.07. The van der Waals surface area contributed by atoms with Crippen LogP contribution in [0.15, 0.2) is 21.7 Å². The van der Waals surface area contributed by atoms with E-state index in [2.05, 4.69) is 5.32 Å². The van der Waals surface area contributed by atoms with Crippen molar-refractivity contribution in [2.45, 2.75) is 30.0 Å². The summed E-state index contributed by atoms with van der Waals surface area (Å²) < 4.78 is 26.8. The van der Waals surface area contributed by atoms with Crippen LogP contribution in [0.3, 0.4) is 0 Å². The van der Waals surface area contributed by atoms with Gasteiger partial charge in [0.2, 0.25) is 0 Å². The van der Waals surface area contributed by atoms with Crippen molar-refractivity contribution in [1.29, 1.82) is 0 Å². The van der Waals surface area contributed by atoms with Crippen LogP contribution in [0.4, 0.5) is 0 Å². The molecule has 1 fully saturated rings. The first kappa shape index (κ1) is 13.0. The van der Waals surface area contributed by atoms with Crippen LogP contribution in [0.2, 0.25) is 0 Å². The fourth-order valence-corrected chi connectivity index (χ4v) is 4.79. The minimum absolute atomic E-state index is 0.166. The van der Waals surface area contributed by atoms with Gasteiger partial charge in [-0.15, -0.1) is 11.3 Å². The molecular weight excluding hydrogens is 256 g/mol. The molecule has 0 spiro atoms. The van der Waals surface area contributed by atoms with Crippen LogP contribution in [0.25, 0.3) is 0 Å². The maximum atomic E-state index is 12.4. The molecule has 4 nitrogen and oxygen atoms in total. The molecule has 2 rings (SSSR count). The van der Waals surface area contributed by atoms with E-state index in [1.807, 2.05) is 13.8 Å². The monoisotopic (exact) mass is 274 g/mol. The van der Waals surface area contributed by atoms with Crippen molar-refractivity contribution >= 4 is 21.4 Å². The van der Waals surface area contributed by atoms with E-state index in [-0.39, 0.29) is 5.54 Å². The summed E-state index contributed by atoms with van der Waals surface area (Å²) in [4.78, 5) is 0. The highest BCUT2D eigenvalue weighted by Crippen LogP contribution is 2.23. The Morgan fingerprint density at radius 3 is 2.88 bits per heavy atom. The number of nitrogens with one attached hydrogen (secondary N) is 1. The summed E-state index contributed by atoms with van der Waals surface area (Å²) in [6, 6.07) is 3.45. The van der Waals surface area contributed by atoms with Gasteiger partial charge in [-0.2, -0.15) is 4.31 Å². The fraction of sp³-hybridized carbons (Fsp3) is 0.636. The number of sulfonamides is 1. The first-order valence-corrected chi connectivity index (χ1v) is 8.02. The van der Waals surface area contributed by atoms with Crippen molar-refractivity contribution in [3.63, 3.8) is 0 Å². The van der Waals surface area contributed by atoms with E-state index in [0.717, 1.165) is 13.0 Å². The molecule has 0 atom stereocenters. The fourth-order valence-electron chi connectivity index (χ4n) is 2.00. The van der Waals surface area contributed by atoms with Gasteiger partial charge in [-0.3, -0.25) is 0 Å². The molecule has 0 aliphatic carbocycles. The number of nitrogens with zero attached hydrogens (tertiary/aromatic N) is 1. The molecule has 2 heterocycles. The van der Waals surface area contributed by atoms with Crippen LogP contribution in [-0.2, 0) is 10.0 Å². The molecule has 0 unspecified atom stereocenters. The first-order chi connectivity index (χ1) is 7.92. The predicted molar refractivity (Wildman–Crippen MR) is 69.8 cm³/mol. The van der Waals surface area contributed by atoms with E-state index >= 15 is 0 Å². The van der Waals surface area contributed by atoms with Gasteiger partial charge in [-0.1, -0.05) is 6.07 Å². The van der Waals surface area contributed by atoms with E-state index in [9.17, 15) is 8.42 Å². The maximum absolute atomic E-state index is 12.4. The SMILES string of the molecule is CC1(C)CN(S(=O)(=O)c2cccs2)CCCN1. The summed E-state index contributed by atoms with van der Waals surface area (Å²) >= 11 is 1.28. The summed E-state index contributed by atoms with van der Waals surface area (Å²) in [5.74, 6) is 0. The second-order valence-electron chi connectivity index (χ2n) is 4.93. The molecule has 1 aromatic rings. The highest BCUT2D eigenvalue weighted by atomic mass is 32.2. The molecule has 1 saturated heterocycles. The standard InChI is InChI=1S/C11H18N2O2S2/c1-11(2)9-13(7-4-6-12-11)17(14,15)10-5-3-8-16-10/h3,5,8,12H,4,6-7,9H2,1-2H3. The minimum atomic E-state index is -3.30. The van der Waals surface area contributed by atoms with Gasteiger partial charge in [0, 0.05) is 18.6 Å².